The summed E-state index contributed by atoms with van der Waals surface area (Å²) < 4.78 is 14.8. The van der Waals surface area contributed by atoms with Crippen molar-refractivity contribution in [2.24, 2.45) is 0 Å². The largest absolute Gasteiger partial charge is 0.329 e. The molecule has 1 fully saturated rings. The second kappa shape index (κ2) is 4.28. The molecule has 1 N–H and O–H groups in total. The molecule has 6 heteroatoms. The second-order valence-electron chi connectivity index (χ2n) is 4.29. The molecule has 0 spiro atoms. The molecule has 0 amide bonds. The molecule has 1 aromatic heterocycles. The molecule has 3 rings (SSSR count). The summed E-state index contributed by atoms with van der Waals surface area (Å²) >= 11 is 1.72. The van der Waals surface area contributed by atoms with E-state index in [1.54, 1.807) is 11.8 Å². The van der Waals surface area contributed by atoms with Gasteiger partial charge in [-0.1, -0.05) is 6.07 Å². The average molecular weight is 266 g/mol. The molecular formula is C12H11FN2O2S. The van der Waals surface area contributed by atoms with Crippen molar-refractivity contribution in [3.05, 3.63) is 44.9 Å². The maximum absolute atomic E-state index is 13.5. The van der Waals surface area contributed by atoms with Gasteiger partial charge in [-0.25, -0.2) is 9.18 Å². The topological polar surface area (TPSA) is 54.9 Å². The van der Waals surface area contributed by atoms with E-state index in [0.717, 1.165) is 17.9 Å². The minimum absolute atomic E-state index is 0.00519. The number of rotatable bonds is 1. The van der Waals surface area contributed by atoms with Crippen molar-refractivity contribution in [1.29, 1.82) is 0 Å². The van der Waals surface area contributed by atoms with Crippen LogP contribution < -0.4 is 11.2 Å². The number of hydrogen-bond acceptors (Lipinski definition) is 3. The molecule has 0 aliphatic carbocycles. The van der Waals surface area contributed by atoms with E-state index < -0.39 is 17.1 Å². The van der Waals surface area contributed by atoms with Crippen molar-refractivity contribution < 1.29 is 4.39 Å². The number of nitrogens with zero attached hydrogens (tertiary/aromatic N) is 1. The van der Waals surface area contributed by atoms with Gasteiger partial charge in [-0.3, -0.25) is 9.36 Å². The monoisotopic (exact) mass is 266 g/mol. The molecule has 1 aliphatic rings. The van der Waals surface area contributed by atoms with Crippen LogP contribution in [0.5, 0.6) is 0 Å². The SMILES string of the molecule is O=c1[nH]c2c(F)cccc2c(=O)n1C1CCSC1. The molecule has 2 heterocycles. The summed E-state index contributed by atoms with van der Waals surface area (Å²) in [5.41, 5.74) is -0.930. The molecule has 18 heavy (non-hydrogen) atoms. The first-order valence-corrected chi connectivity index (χ1v) is 6.85. The van der Waals surface area contributed by atoms with E-state index >= 15 is 0 Å². The van der Waals surface area contributed by atoms with Gasteiger partial charge in [0, 0.05) is 5.75 Å². The zero-order valence-corrected chi connectivity index (χ0v) is 10.3. The summed E-state index contributed by atoms with van der Waals surface area (Å²) in [6.07, 6.45) is 0.800. The lowest BCUT2D eigenvalue weighted by Gasteiger charge is -2.12. The fourth-order valence-corrected chi connectivity index (χ4v) is 3.47. The molecule has 0 bridgehead atoms. The molecular weight excluding hydrogens is 255 g/mol. The summed E-state index contributed by atoms with van der Waals surface area (Å²) in [5, 5.41) is 0.228. The van der Waals surface area contributed by atoms with Gasteiger partial charge in [0.1, 0.15) is 5.82 Å². The van der Waals surface area contributed by atoms with Crippen molar-refractivity contribution in [2.45, 2.75) is 12.5 Å². The molecule has 0 saturated carbocycles. The summed E-state index contributed by atoms with van der Waals surface area (Å²) in [6.45, 7) is 0. The van der Waals surface area contributed by atoms with Crippen LogP contribution in [0.25, 0.3) is 10.9 Å². The third-order valence-corrected chi connectivity index (χ3v) is 4.33. The van der Waals surface area contributed by atoms with Crippen molar-refractivity contribution in [1.82, 2.24) is 9.55 Å². The highest BCUT2D eigenvalue weighted by atomic mass is 32.2. The molecule has 1 saturated heterocycles. The number of benzene rings is 1. The van der Waals surface area contributed by atoms with E-state index in [4.69, 9.17) is 0 Å². The number of fused-ring (bicyclic) bond motifs is 1. The maximum atomic E-state index is 13.5. The number of aromatic amines is 1. The van der Waals surface area contributed by atoms with Crippen molar-refractivity contribution >= 4 is 22.7 Å². The zero-order chi connectivity index (χ0) is 12.7. The quantitative estimate of drug-likeness (QED) is 0.851. The van der Waals surface area contributed by atoms with Crippen LogP contribution in [0.4, 0.5) is 4.39 Å². The van der Waals surface area contributed by atoms with E-state index in [0.29, 0.717) is 0 Å². The summed E-state index contributed by atoms with van der Waals surface area (Å²) in [4.78, 5) is 26.6. The summed E-state index contributed by atoms with van der Waals surface area (Å²) in [7, 11) is 0. The highest BCUT2D eigenvalue weighted by Gasteiger charge is 2.22. The minimum Gasteiger partial charge on any atom is -0.304 e. The van der Waals surface area contributed by atoms with E-state index in [1.165, 1.54) is 22.8 Å². The number of aromatic nitrogens is 2. The van der Waals surface area contributed by atoms with Crippen LogP contribution in [0, 0.1) is 5.82 Å². The van der Waals surface area contributed by atoms with Crippen LogP contribution in [-0.2, 0) is 0 Å². The van der Waals surface area contributed by atoms with Gasteiger partial charge in [-0.15, -0.1) is 0 Å². The highest BCUT2D eigenvalue weighted by Crippen LogP contribution is 2.25. The van der Waals surface area contributed by atoms with Gasteiger partial charge >= 0.3 is 5.69 Å². The fourth-order valence-electron chi connectivity index (χ4n) is 2.28. The molecule has 94 valence electrons. The van der Waals surface area contributed by atoms with Crippen molar-refractivity contribution in [3.8, 4) is 0 Å². The number of halogens is 1. The Bertz CT molecular complexity index is 716. The third kappa shape index (κ3) is 1.68. The van der Waals surface area contributed by atoms with Crippen LogP contribution >= 0.6 is 11.8 Å². The lowest BCUT2D eigenvalue weighted by Crippen LogP contribution is -2.38. The van der Waals surface area contributed by atoms with Gasteiger partial charge in [0.25, 0.3) is 5.56 Å². The van der Waals surface area contributed by atoms with Crippen LogP contribution in [0.1, 0.15) is 12.5 Å². The second-order valence-corrected chi connectivity index (χ2v) is 5.43. The molecule has 4 nitrogen and oxygen atoms in total. The number of para-hydroxylation sites is 1. The van der Waals surface area contributed by atoms with E-state index in [-0.39, 0.29) is 16.9 Å². The predicted octanol–water partition coefficient (Wildman–Crippen LogP) is 1.51. The Morgan fingerprint density at radius 3 is 2.94 bits per heavy atom. The fraction of sp³-hybridized carbons (Fsp3) is 0.333. The normalized spacial score (nSPS) is 19.5. The smallest absolute Gasteiger partial charge is 0.304 e. The van der Waals surface area contributed by atoms with E-state index in [9.17, 15) is 14.0 Å². The standard InChI is InChI=1S/C12H11FN2O2S/c13-9-3-1-2-8-10(9)14-12(17)15(11(8)16)7-4-5-18-6-7/h1-3,7H,4-6H2,(H,14,17). The number of thioether (sulfide) groups is 1. The maximum Gasteiger partial charge on any atom is 0.329 e. The van der Waals surface area contributed by atoms with Crippen LogP contribution in [-0.4, -0.2) is 21.1 Å². The van der Waals surface area contributed by atoms with Crippen molar-refractivity contribution in [2.75, 3.05) is 11.5 Å². The Hall–Kier alpha value is -1.56. The number of H-pyrrole nitrogens is 1. The van der Waals surface area contributed by atoms with Crippen LogP contribution in [0.3, 0.4) is 0 Å². The molecule has 1 aromatic carbocycles. The van der Waals surface area contributed by atoms with Crippen molar-refractivity contribution in [3.63, 3.8) is 0 Å². The van der Waals surface area contributed by atoms with Gasteiger partial charge in [0.05, 0.1) is 16.9 Å². The Morgan fingerprint density at radius 1 is 1.39 bits per heavy atom. The Morgan fingerprint density at radius 2 is 2.22 bits per heavy atom. The molecule has 1 atom stereocenters. The Labute approximate surface area is 106 Å². The minimum atomic E-state index is -0.574. The summed E-state index contributed by atoms with van der Waals surface area (Å²) in [5.74, 6) is 1.12. The van der Waals surface area contributed by atoms with E-state index in [1.807, 2.05) is 0 Å². The summed E-state index contributed by atoms with van der Waals surface area (Å²) in [6, 6.07) is 4.16. The zero-order valence-electron chi connectivity index (χ0n) is 9.48. The Balaban J connectivity index is 2.34. The van der Waals surface area contributed by atoms with Gasteiger partial charge in [-0.05, 0) is 24.3 Å². The van der Waals surface area contributed by atoms with Gasteiger partial charge in [0.2, 0.25) is 0 Å². The lowest BCUT2D eigenvalue weighted by molar-refractivity contribution is 0.518. The van der Waals surface area contributed by atoms with Crippen LogP contribution in [0.2, 0.25) is 0 Å². The molecule has 2 aromatic rings. The highest BCUT2D eigenvalue weighted by molar-refractivity contribution is 7.99. The van der Waals surface area contributed by atoms with Gasteiger partial charge < -0.3 is 4.98 Å². The lowest BCUT2D eigenvalue weighted by atomic mass is 10.2. The number of hydrogen-bond donors (Lipinski definition) is 1. The first-order valence-electron chi connectivity index (χ1n) is 5.69. The first-order chi connectivity index (χ1) is 8.68. The van der Waals surface area contributed by atoms with Gasteiger partial charge in [-0.2, -0.15) is 11.8 Å². The van der Waals surface area contributed by atoms with Crippen LogP contribution in [0.15, 0.2) is 27.8 Å². The number of nitrogens with one attached hydrogen (secondary N) is 1. The van der Waals surface area contributed by atoms with E-state index in [2.05, 4.69) is 4.98 Å². The molecule has 0 radical (unpaired) electrons. The third-order valence-electron chi connectivity index (χ3n) is 3.18. The van der Waals surface area contributed by atoms with Gasteiger partial charge in [0.15, 0.2) is 0 Å². The average Bonchev–Trinajstić information content (AvgIpc) is 2.84. The molecule has 1 unspecified atom stereocenters. The first kappa shape index (κ1) is 11.5. The Kier molecular flexibility index (Phi) is 2.74. The predicted molar refractivity (Wildman–Crippen MR) is 69.8 cm³/mol. The molecule has 1 aliphatic heterocycles.